The van der Waals surface area contributed by atoms with Crippen LogP contribution in [0.2, 0.25) is 5.02 Å². The van der Waals surface area contributed by atoms with Gasteiger partial charge in [-0.3, -0.25) is 24.5 Å². The van der Waals surface area contributed by atoms with E-state index in [1.165, 1.54) is 4.90 Å². The molecule has 1 fully saturated rings. The number of fused-ring (bicyclic) bond motifs is 1. The van der Waals surface area contributed by atoms with Crippen LogP contribution in [0, 0.1) is 6.92 Å². The summed E-state index contributed by atoms with van der Waals surface area (Å²) in [5.74, 6) is -1.29. The molecule has 7 nitrogen and oxygen atoms in total. The van der Waals surface area contributed by atoms with Gasteiger partial charge in [-0.2, -0.15) is 0 Å². The van der Waals surface area contributed by atoms with Crippen LogP contribution < -0.4 is 10.6 Å². The molecule has 0 saturated carbocycles. The minimum absolute atomic E-state index is 0.193. The smallest absolute Gasteiger partial charge is 0.255 e. The van der Waals surface area contributed by atoms with E-state index in [4.69, 9.17) is 11.6 Å². The molecule has 0 radical (unpaired) electrons. The third-order valence-electron chi connectivity index (χ3n) is 5.48. The van der Waals surface area contributed by atoms with E-state index in [1.807, 2.05) is 19.1 Å². The van der Waals surface area contributed by atoms with Crippen molar-refractivity contribution in [2.45, 2.75) is 38.9 Å². The molecular weight excluding hydrogens is 406 g/mol. The number of halogens is 1. The quantitative estimate of drug-likeness (QED) is 0.735. The van der Waals surface area contributed by atoms with Gasteiger partial charge in [0.1, 0.15) is 6.04 Å². The van der Waals surface area contributed by atoms with Crippen molar-refractivity contribution in [1.29, 1.82) is 0 Å². The van der Waals surface area contributed by atoms with Crippen LogP contribution in [0.15, 0.2) is 36.4 Å². The van der Waals surface area contributed by atoms with Crippen molar-refractivity contribution >= 4 is 35.2 Å². The Hall–Kier alpha value is -3.19. The SMILES string of the molecule is Cc1ccc(C(=O)NCc2ccc3c(c2Cl)CN(C2CCC(=O)NC2=O)C3=O)cc1. The second kappa shape index (κ2) is 7.91. The van der Waals surface area contributed by atoms with Gasteiger partial charge >= 0.3 is 0 Å². The van der Waals surface area contributed by atoms with Gasteiger partial charge in [0.25, 0.3) is 11.8 Å². The summed E-state index contributed by atoms with van der Waals surface area (Å²) < 4.78 is 0. The fraction of sp³-hybridized carbons (Fsp3) is 0.273. The van der Waals surface area contributed by atoms with E-state index in [9.17, 15) is 19.2 Å². The van der Waals surface area contributed by atoms with Gasteiger partial charge in [-0.05, 0) is 37.1 Å². The van der Waals surface area contributed by atoms with Gasteiger partial charge in [-0.15, -0.1) is 0 Å². The highest BCUT2D eigenvalue weighted by atomic mass is 35.5. The number of carbonyl (C=O) groups is 4. The molecule has 2 aliphatic rings. The molecule has 4 rings (SSSR count). The molecule has 1 atom stereocenters. The molecule has 2 heterocycles. The number of nitrogens with one attached hydrogen (secondary N) is 2. The highest BCUT2D eigenvalue weighted by Crippen LogP contribution is 2.34. The van der Waals surface area contributed by atoms with Crippen molar-refractivity contribution in [3.63, 3.8) is 0 Å². The number of rotatable bonds is 4. The zero-order chi connectivity index (χ0) is 21.4. The molecule has 2 N–H and O–H groups in total. The van der Waals surface area contributed by atoms with Crippen LogP contribution in [0.5, 0.6) is 0 Å². The highest BCUT2D eigenvalue weighted by molar-refractivity contribution is 6.33. The second-order valence-electron chi connectivity index (χ2n) is 7.51. The molecule has 1 saturated heterocycles. The Labute approximate surface area is 178 Å². The summed E-state index contributed by atoms with van der Waals surface area (Å²) in [5, 5.41) is 5.52. The zero-order valence-corrected chi connectivity index (χ0v) is 17.1. The number of piperidine rings is 1. The summed E-state index contributed by atoms with van der Waals surface area (Å²) in [6.45, 7) is 2.36. The Morgan fingerprint density at radius 1 is 1.17 bits per heavy atom. The fourth-order valence-electron chi connectivity index (χ4n) is 3.77. The van der Waals surface area contributed by atoms with E-state index in [-0.39, 0.29) is 37.2 Å². The van der Waals surface area contributed by atoms with Gasteiger partial charge in [0.15, 0.2) is 0 Å². The summed E-state index contributed by atoms with van der Waals surface area (Å²) in [6, 6.07) is 9.93. The first-order valence-corrected chi connectivity index (χ1v) is 10.0. The molecule has 30 heavy (non-hydrogen) atoms. The van der Waals surface area contributed by atoms with Crippen LogP contribution >= 0.6 is 11.6 Å². The van der Waals surface area contributed by atoms with Crippen molar-refractivity contribution in [3.8, 4) is 0 Å². The van der Waals surface area contributed by atoms with Crippen LogP contribution in [0.4, 0.5) is 0 Å². The third kappa shape index (κ3) is 3.68. The lowest BCUT2D eigenvalue weighted by Gasteiger charge is -2.29. The molecule has 0 bridgehead atoms. The van der Waals surface area contributed by atoms with E-state index in [1.54, 1.807) is 24.3 Å². The number of amides is 4. The average Bonchev–Trinajstić information content (AvgIpc) is 3.05. The molecule has 4 amide bonds. The first-order valence-electron chi connectivity index (χ1n) is 9.65. The normalized spacial score (nSPS) is 18.3. The van der Waals surface area contributed by atoms with E-state index in [0.29, 0.717) is 33.7 Å². The lowest BCUT2D eigenvalue weighted by molar-refractivity contribution is -0.136. The summed E-state index contributed by atoms with van der Waals surface area (Å²) in [6.07, 6.45) is 0.488. The van der Waals surface area contributed by atoms with Crippen LogP contribution in [-0.4, -0.2) is 34.6 Å². The maximum absolute atomic E-state index is 12.8. The van der Waals surface area contributed by atoms with Crippen LogP contribution in [0.1, 0.15) is 50.2 Å². The maximum Gasteiger partial charge on any atom is 0.255 e. The Kier molecular flexibility index (Phi) is 5.30. The largest absolute Gasteiger partial charge is 0.348 e. The number of nitrogens with zero attached hydrogens (tertiary/aromatic N) is 1. The summed E-state index contributed by atoms with van der Waals surface area (Å²) >= 11 is 6.55. The number of carbonyl (C=O) groups excluding carboxylic acids is 4. The zero-order valence-electron chi connectivity index (χ0n) is 16.3. The van der Waals surface area contributed by atoms with E-state index in [0.717, 1.165) is 5.56 Å². The molecule has 0 aromatic heterocycles. The predicted molar refractivity (Wildman–Crippen MR) is 110 cm³/mol. The lowest BCUT2D eigenvalue weighted by atomic mass is 10.0. The molecule has 2 aliphatic heterocycles. The van der Waals surface area contributed by atoms with Gasteiger partial charge in [-0.1, -0.05) is 35.4 Å². The lowest BCUT2D eigenvalue weighted by Crippen LogP contribution is -2.52. The Morgan fingerprint density at radius 2 is 1.90 bits per heavy atom. The highest BCUT2D eigenvalue weighted by Gasteiger charge is 2.40. The first kappa shape index (κ1) is 20.1. The van der Waals surface area contributed by atoms with Gasteiger partial charge in [0, 0.05) is 36.2 Å². The topological polar surface area (TPSA) is 95.6 Å². The van der Waals surface area contributed by atoms with Gasteiger partial charge in [0.2, 0.25) is 11.8 Å². The first-order chi connectivity index (χ1) is 14.3. The predicted octanol–water partition coefficient (Wildman–Crippen LogP) is 2.34. The Morgan fingerprint density at radius 3 is 2.60 bits per heavy atom. The molecule has 2 aromatic rings. The van der Waals surface area contributed by atoms with Crippen molar-refractivity contribution in [2.24, 2.45) is 0 Å². The van der Waals surface area contributed by atoms with Crippen molar-refractivity contribution in [1.82, 2.24) is 15.5 Å². The Bertz CT molecular complexity index is 1060. The van der Waals surface area contributed by atoms with Crippen LogP contribution in [0.3, 0.4) is 0 Å². The summed E-state index contributed by atoms with van der Waals surface area (Å²) in [5.41, 5.74) is 3.39. The standard InChI is InChI=1S/C22H20ClN3O4/c1-12-2-4-13(5-3-12)20(28)24-10-14-6-7-15-16(19(14)23)11-26(22(15)30)17-8-9-18(27)25-21(17)29/h2-7,17H,8-11H2,1H3,(H,24,28)(H,25,27,29). The third-order valence-corrected chi connectivity index (χ3v) is 5.95. The van der Waals surface area contributed by atoms with Crippen molar-refractivity contribution < 1.29 is 19.2 Å². The number of imide groups is 1. The van der Waals surface area contributed by atoms with Crippen molar-refractivity contribution in [3.05, 3.63) is 69.2 Å². The van der Waals surface area contributed by atoms with Crippen molar-refractivity contribution in [2.75, 3.05) is 0 Å². The van der Waals surface area contributed by atoms with E-state index >= 15 is 0 Å². The van der Waals surface area contributed by atoms with E-state index in [2.05, 4.69) is 10.6 Å². The van der Waals surface area contributed by atoms with Gasteiger partial charge < -0.3 is 10.2 Å². The molecule has 1 unspecified atom stereocenters. The monoisotopic (exact) mass is 425 g/mol. The summed E-state index contributed by atoms with van der Waals surface area (Å²) in [7, 11) is 0. The molecule has 8 heteroatoms. The molecule has 0 spiro atoms. The molecular formula is C22H20ClN3O4. The average molecular weight is 426 g/mol. The number of aryl methyl sites for hydroxylation is 1. The minimum Gasteiger partial charge on any atom is -0.348 e. The van der Waals surface area contributed by atoms with Gasteiger partial charge in [0.05, 0.1) is 5.02 Å². The van der Waals surface area contributed by atoms with Crippen LogP contribution in [-0.2, 0) is 22.7 Å². The maximum atomic E-state index is 12.8. The Balaban J connectivity index is 1.49. The number of hydrogen-bond donors (Lipinski definition) is 2. The van der Waals surface area contributed by atoms with Crippen LogP contribution in [0.25, 0.3) is 0 Å². The molecule has 0 aliphatic carbocycles. The van der Waals surface area contributed by atoms with Gasteiger partial charge in [-0.25, -0.2) is 0 Å². The number of hydrogen-bond acceptors (Lipinski definition) is 4. The minimum atomic E-state index is -0.691. The second-order valence-corrected chi connectivity index (χ2v) is 7.89. The number of benzene rings is 2. The van der Waals surface area contributed by atoms with E-state index < -0.39 is 11.9 Å². The molecule has 154 valence electrons. The fourth-order valence-corrected chi connectivity index (χ4v) is 4.06. The molecule has 2 aromatic carbocycles. The summed E-state index contributed by atoms with van der Waals surface area (Å²) in [4.78, 5) is 50.2.